The van der Waals surface area contributed by atoms with Gasteiger partial charge in [0.15, 0.2) is 0 Å². The van der Waals surface area contributed by atoms with Gasteiger partial charge in [0.2, 0.25) is 0 Å². The highest BCUT2D eigenvalue weighted by atomic mass is 19.1. The van der Waals surface area contributed by atoms with Gasteiger partial charge < -0.3 is 5.11 Å². The van der Waals surface area contributed by atoms with E-state index in [0.717, 1.165) is 22.4 Å². The molecule has 0 saturated heterocycles. The highest BCUT2D eigenvalue weighted by Gasteiger charge is 2.17. The molecule has 0 bridgehead atoms. The molecule has 4 nitrogen and oxygen atoms in total. The Balaban J connectivity index is 2.23. The number of aliphatic hydroxyl groups excluding tert-OH is 1. The molecule has 0 amide bonds. The van der Waals surface area contributed by atoms with Gasteiger partial charge in [-0.3, -0.25) is 0 Å². The molecule has 1 aromatic heterocycles. The van der Waals surface area contributed by atoms with Crippen LogP contribution >= 0.6 is 0 Å². The maximum atomic E-state index is 13.2. The van der Waals surface area contributed by atoms with Crippen LogP contribution in [0.5, 0.6) is 0 Å². The van der Waals surface area contributed by atoms with Crippen LogP contribution < -0.4 is 0 Å². The number of hydrogen-bond donors (Lipinski definition) is 1. The van der Waals surface area contributed by atoms with Crippen molar-refractivity contribution in [2.24, 2.45) is 0 Å². The predicted molar refractivity (Wildman–Crippen MR) is 82.1 cm³/mol. The zero-order valence-electron chi connectivity index (χ0n) is 12.4. The molecule has 0 aliphatic carbocycles. The minimum Gasteiger partial charge on any atom is -0.390 e. The zero-order chi connectivity index (χ0) is 15.7. The maximum absolute atomic E-state index is 13.2. The fourth-order valence-electron chi connectivity index (χ4n) is 2.45. The van der Waals surface area contributed by atoms with Crippen LogP contribution in [0.2, 0.25) is 0 Å². The van der Waals surface area contributed by atoms with Crippen LogP contribution in [0.3, 0.4) is 0 Å². The van der Waals surface area contributed by atoms with Crippen molar-refractivity contribution in [3.63, 3.8) is 0 Å². The lowest BCUT2D eigenvalue weighted by Gasteiger charge is -2.12. The number of aliphatic hydroxyl groups is 1. The molecule has 2 aromatic carbocycles. The highest BCUT2D eigenvalue weighted by molar-refractivity contribution is 5.65. The molecule has 0 atom stereocenters. The summed E-state index contributed by atoms with van der Waals surface area (Å²) in [5.74, 6) is -0.306. The summed E-state index contributed by atoms with van der Waals surface area (Å²) >= 11 is 0. The van der Waals surface area contributed by atoms with E-state index < -0.39 is 0 Å². The number of hydrogen-bond acceptors (Lipinski definition) is 3. The lowest BCUT2D eigenvalue weighted by molar-refractivity contribution is 0.277. The second kappa shape index (κ2) is 5.69. The Labute approximate surface area is 127 Å². The standard InChI is InChI=1S/C17H16FN3O/c1-11-4-3-5-16(12(11)2)21-17(15(10-22)19-20-21)13-6-8-14(18)9-7-13/h3-9,22H,10H2,1-2H3. The fourth-order valence-corrected chi connectivity index (χ4v) is 2.45. The summed E-state index contributed by atoms with van der Waals surface area (Å²) in [6.07, 6.45) is 0. The van der Waals surface area contributed by atoms with Gasteiger partial charge in [-0.1, -0.05) is 17.3 Å². The predicted octanol–water partition coefficient (Wildman–Crippen LogP) is 3.18. The summed E-state index contributed by atoms with van der Waals surface area (Å²) in [5, 5.41) is 17.7. The van der Waals surface area contributed by atoms with Crippen molar-refractivity contribution in [2.75, 3.05) is 0 Å². The van der Waals surface area contributed by atoms with E-state index in [9.17, 15) is 9.50 Å². The largest absolute Gasteiger partial charge is 0.390 e. The summed E-state index contributed by atoms with van der Waals surface area (Å²) in [6, 6.07) is 12.0. The van der Waals surface area contributed by atoms with Crippen LogP contribution in [0.4, 0.5) is 4.39 Å². The first kappa shape index (κ1) is 14.4. The van der Waals surface area contributed by atoms with Gasteiger partial charge in [0.05, 0.1) is 12.3 Å². The molecule has 0 radical (unpaired) electrons. The van der Waals surface area contributed by atoms with Gasteiger partial charge in [0.1, 0.15) is 17.2 Å². The van der Waals surface area contributed by atoms with Crippen LogP contribution in [0.1, 0.15) is 16.8 Å². The topological polar surface area (TPSA) is 50.9 Å². The molecular formula is C17H16FN3O. The normalized spacial score (nSPS) is 10.9. The molecule has 3 rings (SSSR count). The Kier molecular flexibility index (Phi) is 3.73. The van der Waals surface area contributed by atoms with E-state index >= 15 is 0 Å². The number of rotatable bonds is 3. The third-order valence-corrected chi connectivity index (χ3v) is 3.81. The minimum atomic E-state index is -0.306. The lowest BCUT2D eigenvalue weighted by Crippen LogP contribution is -2.03. The van der Waals surface area contributed by atoms with Crippen molar-refractivity contribution in [1.82, 2.24) is 15.0 Å². The highest BCUT2D eigenvalue weighted by Crippen LogP contribution is 2.27. The van der Waals surface area contributed by atoms with Crippen LogP contribution in [-0.2, 0) is 6.61 Å². The minimum absolute atomic E-state index is 0.225. The first-order chi connectivity index (χ1) is 10.6. The molecule has 0 aliphatic heterocycles. The third-order valence-electron chi connectivity index (χ3n) is 3.81. The quantitative estimate of drug-likeness (QED) is 0.808. The Morgan fingerprint density at radius 3 is 2.50 bits per heavy atom. The van der Waals surface area contributed by atoms with E-state index in [0.29, 0.717) is 11.4 Å². The summed E-state index contributed by atoms with van der Waals surface area (Å²) in [7, 11) is 0. The van der Waals surface area contributed by atoms with E-state index in [4.69, 9.17) is 0 Å². The monoisotopic (exact) mass is 297 g/mol. The van der Waals surface area contributed by atoms with Crippen molar-refractivity contribution < 1.29 is 9.50 Å². The molecular weight excluding hydrogens is 281 g/mol. The van der Waals surface area contributed by atoms with Crippen molar-refractivity contribution in [3.8, 4) is 16.9 Å². The number of halogens is 1. The molecule has 1 N–H and O–H groups in total. The van der Waals surface area contributed by atoms with Crippen LogP contribution in [-0.4, -0.2) is 20.1 Å². The number of aromatic nitrogens is 3. The first-order valence-electron chi connectivity index (χ1n) is 6.99. The van der Waals surface area contributed by atoms with Crippen molar-refractivity contribution in [3.05, 3.63) is 65.1 Å². The second-order valence-corrected chi connectivity index (χ2v) is 5.18. The van der Waals surface area contributed by atoms with Gasteiger partial charge in [-0.25, -0.2) is 9.07 Å². The van der Waals surface area contributed by atoms with E-state index in [-0.39, 0.29) is 12.4 Å². The number of aryl methyl sites for hydroxylation is 1. The Hall–Kier alpha value is -2.53. The van der Waals surface area contributed by atoms with Gasteiger partial charge in [-0.15, -0.1) is 5.10 Å². The fraction of sp³-hybridized carbons (Fsp3) is 0.176. The molecule has 0 aliphatic rings. The summed E-state index contributed by atoms with van der Waals surface area (Å²) in [4.78, 5) is 0. The van der Waals surface area contributed by atoms with Crippen LogP contribution in [0.25, 0.3) is 16.9 Å². The third kappa shape index (κ3) is 2.40. The zero-order valence-corrected chi connectivity index (χ0v) is 12.4. The van der Waals surface area contributed by atoms with Crippen molar-refractivity contribution in [1.29, 1.82) is 0 Å². The first-order valence-corrected chi connectivity index (χ1v) is 6.99. The van der Waals surface area contributed by atoms with Crippen LogP contribution in [0, 0.1) is 19.7 Å². The van der Waals surface area contributed by atoms with E-state index in [1.54, 1.807) is 16.8 Å². The summed E-state index contributed by atoms with van der Waals surface area (Å²) < 4.78 is 14.9. The SMILES string of the molecule is Cc1cccc(-n2nnc(CO)c2-c2ccc(F)cc2)c1C. The van der Waals surface area contributed by atoms with Crippen LogP contribution in [0.15, 0.2) is 42.5 Å². The summed E-state index contributed by atoms with van der Waals surface area (Å²) in [5.41, 5.74) is 5.02. The molecule has 0 spiro atoms. The van der Waals surface area contributed by atoms with Gasteiger partial charge in [0.25, 0.3) is 0 Å². The molecule has 3 aromatic rings. The Morgan fingerprint density at radius 1 is 1.09 bits per heavy atom. The molecule has 22 heavy (non-hydrogen) atoms. The molecule has 1 heterocycles. The van der Waals surface area contributed by atoms with Gasteiger partial charge >= 0.3 is 0 Å². The Bertz CT molecular complexity index is 809. The second-order valence-electron chi connectivity index (χ2n) is 5.18. The molecule has 0 unspecified atom stereocenters. The number of benzene rings is 2. The summed E-state index contributed by atoms with van der Waals surface area (Å²) in [6.45, 7) is 3.82. The smallest absolute Gasteiger partial charge is 0.123 e. The van der Waals surface area contributed by atoms with Gasteiger partial charge in [-0.2, -0.15) is 0 Å². The average Bonchev–Trinajstić information content (AvgIpc) is 2.94. The molecule has 0 saturated carbocycles. The van der Waals surface area contributed by atoms with Crippen molar-refractivity contribution in [2.45, 2.75) is 20.5 Å². The van der Waals surface area contributed by atoms with Gasteiger partial charge in [-0.05, 0) is 55.3 Å². The Morgan fingerprint density at radius 2 is 1.82 bits per heavy atom. The molecule has 112 valence electrons. The van der Waals surface area contributed by atoms with E-state index in [1.165, 1.54) is 12.1 Å². The average molecular weight is 297 g/mol. The van der Waals surface area contributed by atoms with E-state index in [2.05, 4.69) is 10.3 Å². The molecule has 5 heteroatoms. The maximum Gasteiger partial charge on any atom is 0.123 e. The number of nitrogens with zero attached hydrogens (tertiary/aromatic N) is 3. The lowest BCUT2D eigenvalue weighted by atomic mass is 10.1. The van der Waals surface area contributed by atoms with Crippen molar-refractivity contribution >= 4 is 0 Å². The van der Waals surface area contributed by atoms with Gasteiger partial charge in [0, 0.05) is 5.56 Å². The molecule has 0 fully saturated rings. The van der Waals surface area contributed by atoms with E-state index in [1.807, 2.05) is 32.0 Å².